The van der Waals surface area contributed by atoms with Crippen LogP contribution >= 0.6 is 12.4 Å². The number of carbonyl (C=O) groups excluding carboxylic acids is 2. The Morgan fingerprint density at radius 3 is 2.54 bits per heavy atom. The number of anilines is 2. The van der Waals surface area contributed by atoms with Gasteiger partial charge < -0.3 is 20.7 Å². The standard InChI is InChI=1S/C21H29N3O3.ClH/c1-27-18-8-7-16(12-17(18)24-9-3-6-19(24)25)23-21(26)15-10-13-4-2-5-14(11-15)20(13)22;/h7-8,12-15,20H,2-6,9-11,22H2,1H3,(H,23,26);1H. The number of halogens is 1. The Labute approximate surface area is 172 Å². The highest BCUT2D eigenvalue weighted by atomic mass is 35.5. The number of nitrogens with two attached hydrogens (primary N) is 1. The highest BCUT2D eigenvalue weighted by Crippen LogP contribution is 2.42. The molecule has 2 unspecified atom stereocenters. The molecule has 4 rings (SSSR count). The molecular formula is C21H30ClN3O3. The van der Waals surface area contributed by atoms with Crippen LogP contribution in [0.4, 0.5) is 11.4 Å². The Bertz CT molecular complexity index is 728. The Balaban J connectivity index is 0.00000225. The van der Waals surface area contributed by atoms with E-state index in [0.717, 1.165) is 43.5 Å². The zero-order chi connectivity index (χ0) is 19.0. The van der Waals surface area contributed by atoms with Crippen molar-refractivity contribution in [2.75, 3.05) is 23.9 Å². The molecule has 28 heavy (non-hydrogen) atoms. The first-order chi connectivity index (χ1) is 13.1. The summed E-state index contributed by atoms with van der Waals surface area (Å²) in [5.74, 6) is 1.80. The van der Waals surface area contributed by atoms with Crippen molar-refractivity contribution in [3.05, 3.63) is 18.2 Å². The van der Waals surface area contributed by atoms with Crippen LogP contribution in [0.1, 0.15) is 44.9 Å². The number of amides is 2. The Morgan fingerprint density at radius 1 is 1.21 bits per heavy atom. The minimum absolute atomic E-state index is 0. The largest absolute Gasteiger partial charge is 0.495 e. The smallest absolute Gasteiger partial charge is 0.227 e. The third kappa shape index (κ3) is 3.98. The fourth-order valence-corrected chi connectivity index (χ4v) is 5.13. The fourth-order valence-electron chi connectivity index (χ4n) is 5.13. The Kier molecular flexibility index (Phi) is 6.50. The van der Waals surface area contributed by atoms with Crippen molar-refractivity contribution >= 4 is 35.6 Å². The highest BCUT2D eigenvalue weighted by molar-refractivity contribution is 5.99. The molecule has 154 valence electrons. The molecule has 3 fully saturated rings. The van der Waals surface area contributed by atoms with Crippen molar-refractivity contribution in [2.24, 2.45) is 23.5 Å². The summed E-state index contributed by atoms with van der Waals surface area (Å²) in [6.07, 6.45) is 6.71. The van der Waals surface area contributed by atoms with Gasteiger partial charge in [0.05, 0.1) is 12.8 Å². The summed E-state index contributed by atoms with van der Waals surface area (Å²) in [4.78, 5) is 26.8. The van der Waals surface area contributed by atoms with Crippen LogP contribution in [-0.2, 0) is 9.59 Å². The van der Waals surface area contributed by atoms with E-state index in [1.54, 1.807) is 12.0 Å². The first kappa shape index (κ1) is 20.9. The number of benzene rings is 1. The minimum atomic E-state index is 0. The van der Waals surface area contributed by atoms with E-state index in [9.17, 15) is 9.59 Å². The molecule has 2 saturated carbocycles. The normalized spacial score (nSPS) is 29.2. The van der Waals surface area contributed by atoms with Crippen LogP contribution < -0.4 is 20.7 Å². The van der Waals surface area contributed by atoms with E-state index in [-0.39, 0.29) is 36.2 Å². The predicted molar refractivity (Wildman–Crippen MR) is 112 cm³/mol. The lowest BCUT2D eigenvalue weighted by Gasteiger charge is -2.43. The summed E-state index contributed by atoms with van der Waals surface area (Å²) in [7, 11) is 1.60. The predicted octanol–water partition coefficient (Wildman–Crippen LogP) is 3.34. The van der Waals surface area contributed by atoms with Crippen LogP contribution in [0.5, 0.6) is 5.75 Å². The third-order valence-electron chi connectivity index (χ3n) is 6.59. The first-order valence-corrected chi connectivity index (χ1v) is 10.1. The van der Waals surface area contributed by atoms with E-state index >= 15 is 0 Å². The van der Waals surface area contributed by atoms with Gasteiger partial charge in [0.25, 0.3) is 0 Å². The van der Waals surface area contributed by atoms with Crippen LogP contribution in [0.3, 0.4) is 0 Å². The van der Waals surface area contributed by atoms with Gasteiger partial charge >= 0.3 is 0 Å². The summed E-state index contributed by atoms with van der Waals surface area (Å²) in [5.41, 5.74) is 7.81. The van der Waals surface area contributed by atoms with Gasteiger partial charge in [0.1, 0.15) is 5.75 Å². The van der Waals surface area contributed by atoms with Crippen LogP contribution in [0.25, 0.3) is 0 Å². The molecule has 0 radical (unpaired) electrons. The van der Waals surface area contributed by atoms with Gasteiger partial charge in [-0.2, -0.15) is 0 Å². The molecule has 1 heterocycles. The Hall–Kier alpha value is -1.79. The molecule has 1 saturated heterocycles. The molecule has 3 aliphatic rings. The fraction of sp³-hybridized carbons (Fsp3) is 0.619. The number of carbonyl (C=O) groups is 2. The molecule has 2 aliphatic carbocycles. The zero-order valence-electron chi connectivity index (χ0n) is 16.4. The molecule has 6 nitrogen and oxygen atoms in total. The lowest BCUT2D eigenvalue weighted by Crippen LogP contribution is -2.48. The lowest BCUT2D eigenvalue weighted by molar-refractivity contribution is -0.122. The van der Waals surface area contributed by atoms with Crippen LogP contribution in [0.2, 0.25) is 0 Å². The van der Waals surface area contributed by atoms with Gasteiger partial charge in [0, 0.05) is 30.6 Å². The molecule has 7 heteroatoms. The van der Waals surface area contributed by atoms with Crippen molar-refractivity contribution in [1.29, 1.82) is 0 Å². The maximum Gasteiger partial charge on any atom is 0.227 e. The average molecular weight is 408 g/mol. The molecule has 1 aromatic carbocycles. The Morgan fingerprint density at radius 2 is 1.93 bits per heavy atom. The SMILES string of the molecule is COc1ccc(NC(=O)C2CC3CCCC(C2)C3N)cc1N1CCCC1=O.Cl. The monoisotopic (exact) mass is 407 g/mol. The van der Waals surface area contributed by atoms with Crippen LogP contribution in [0, 0.1) is 17.8 Å². The minimum Gasteiger partial charge on any atom is -0.495 e. The quantitative estimate of drug-likeness (QED) is 0.801. The molecule has 3 N–H and O–H groups in total. The van der Waals surface area contributed by atoms with E-state index in [1.165, 1.54) is 6.42 Å². The van der Waals surface area contributed by atoms with Crippen LogP contribution in [0.15, 0.2) is 18.2 Å². The van der Waals surface area contributed by atoms with Crippen molar-refractivity contribution in [2.45, 2.75) is 51.0 Å². The van der Waals surface area contributed by atoms with E-state index in [0.29, 0.717) is 30.6 Å². The van der Waals surface area contributed by atoms with Gasteiger partial charge in [-0.3, -0.25) is 9.59 Å². The summed E-state index contributed by atoms with van der Waals surface area (Å²) >= 11 is 0. The summed E-state index contributed by atoms with van der Waals surface area (Å²) < 4.78 is 5.42. The summed E-state index contributed by atoms with van der Waals surface area (Å²) in [5, 5.41) is 3.07. The zero-order valence-corrected chi connectivity index (χ0v) is 17.2. The van der Waals surface area contributed by atoms with Gasteiger partial charge in [-0.25, -0.2) is 0 Å². The topological polar surface area (TPSA) is 84.7 Å². The van der Waals surface area contributed by atoms with E-state index < -0.39 is 0 Å². The molecule has 1 aliphatic heterocycles. The molecule has 0 aromatic heterocycles. The van der Waals surface area contributed by atoms with Crippen molar-refractivity contribution in [3.63, 3.8) is 0 Å². The van der Waals surface area contributed by atoms with Gasteiger partial charge in [0.15, 0.2) is 0 Å². The molecule has 1 aromatic rings. The maximum absolute atomic E-state index is 12.9. The van der Waals surface area contributed by atoms with Crippen LogP contribution in [-0.4, -0.2) is 31.5 Å². The number of nitrogens with one attached hydrogen (secondary N) is 1. The average Bonchev–Trinajstić information content (AvgIpc) is 3.07. The van der Waals surface area contributed by atoms with E-state index in [2.05, 4.69) is 5.32 Å². The molecule has 2 amide bonds. The second kappa shape index (κ2) is 8.70. The van der Waals surface area contributed by atoms with Crippen molar-refractivity contribution in [1.82, 2.24) is 0 Å². The number of ether oxygens (including phenoxy) is 1. The van der Waals surface area contributed by atoms with E-state index in [4.69, 9.17) is 10.5 Å². The number of hydrogen-bond donors (Lipinski definition) is 2. The number of methoxy groups -OCH3 is 1. The molecular weight excluding hydrogens is 378 g/mol. The van der Waals surface area contributed by atoms with Gasteiger partial charge in [-0.1, -0.05) is 6.42 Å². The van der Waals surface area contributed by atoms with Gasteiger partial charge in [-0.05, 0) is 62.1 Å². The number of hydrogen-bond acceptors (Lipinski definition) is 4. The molecule has 0 spiro atoms. The molecule has 2 bridgehead atoms. The molecule has 2 atom stereocenters. The number of fused-ring (bicyclic) bond motifs is 2. The second-order valence-corrected chi connectivity index (χ2v) is 8.22. The van der Waals surface area contributed by atoms with E-state index in [1.807, 2.05) is 18.2 Å². The highest BCUT2D eigenvalue weighted by Gasteiger charge is 2.40. The third-order valence-corrected chi connectivity index (χ3v) is 6.59. The van der Waals surface area contributed by atoms with Crippen molar-refractivity contribution in [3.8, 4) is 5.75 Å². The first-order valence-electron chi connectivity index (χ1n) is 10.1. The lowest BCUT2D eigenvalue weighted by atomic mass is 9.65. The number of nitrogens with zero attached hydrogens (tertiary/aromatic N) is 1. The second-order valence-electron chi connectivity index (χ2n) is 8.22. The summed E-state index contributed by atoms with van der Waals surface area (Å²) in [6.45, 7) is 0.691. The number of rotatable bonds is 4. The maximum atomic E-state index is 12.9. The van der Waals surface area contributed by atoms with Gasteiger partial charge in [0.2, 0.25) is 11.8 Å². The summed E-state index contributed by atoms with van der Waals surface area (Å²) in [6, 6.07) is 5.78. The van der Waals surface area contributed by atoms with Crippen molar-refractivity contribution < 1.29 is 14.3 Å². The van der Waals surface area contributed by atoms with Gasteiger partial charge in [-0.15, -0.1) is 12.4 Å².